The van der Waals surface area contributed by atoms with Crippen molar-refractivity contribution in [2.75, 3.05) is 7.11 Å². The summed E-state index contributed by atoms with van der Waals surface area (Å²) in [6.45, 7) is 0.150. The maximum absolute atomic E-state index is 13.0. The first-order chi connectivity index (χ1) is 10.3. The highest BCUT2D eigenvalue weighted by Crippen LogP contribution is 2.38. The summed E-state index contributed by atoms with van der Waals surface area (Å²) in [5.41, 5.74) is -0.0703. The number of ether oxygens (including phenoxy) is 1. The maximum atomic E-state index is 13.0. The second-order valence-electron chi connectivity index (χ2n) is 4.55. The molecule has 2 aromatic rings. The van der Waals surface area contributed by atoms with E-state index in [-0.39, 0.29) is 18.7 Å². The predicted molar refractivity (Wildman–Crippen MR) is 71.5 cm³/mol. The molecule has 0 saturated carbocycles. The number of rotatable bonds is 5. The lowest BCUT2D eigenvalue weighted by atomic mass is 10.0. The van der Waals surface area contributed by atoms with Crippen LogP contribution in [-0.4, -0.2) is 28.0 Å². The molecule has 0 radical (unpaired) electrons. The molecule has 0 aliphatic rings. The van der Waals surface area contributed by atoms with Crippen LogP contribution < -0.4 is 4.74 Å². The number of benzene rings is 1. The van der Waals surface area contributed by atoms with E-state index in [4.69, 9.17) is 9.84 Å². The second kappa shape index (κ2) is 6.08. The molecule has 0 bridgehead atoms. The zero-order valence-electron chi connectivity index (χ0n) is 11.6. The molecule has 0 atom stereocenters. The zero-order chi connectivity index (χ0) is 16.3. The van der Waals surface area contributed by atoms with Crippen LogP contribution in [0.5, 0.6) is 5.75 Å². The predicted octanol–water partition coefficient (Wildman–Crippen LogP) is 3.05. The average Bonchev–Trinajstić information content (AvgIpc) is 2.92. The lowest BCUT2D eigenvalue weighted by Crippen LogP contribution is -2.07. The molecule has 0 fully saturated rings. The Labute approximate surface area is 123 Å². The normalized spacial score (nSPS) is 11.5. The molecule has 118 valence electrons. The zero-order valence-corrected chi connectivity index (χ0v) is 11.6. The van der Waals surface area contributed by atoms with E-state index in [9.17, 15) is 18.0 Å². The van der Waals surface area contributed by atoms with Crippen LogP contribution >= 0.6 is 0 Å². The Bertz CT molecular complexity index is 680. The molecular formula is C14H13F3N2O3. The van der Waals surface area contributed by atoms with Gasteiger partial charge >= 0.3 is 12.1 Å². The lowest BCUT2D eigenvalue weighted by molar-refractivity contribution is -0.139. The van der Waals surface area contributed by atoms with Gasteiger partial charge in [0.05, 0.1) is 31.8 Å². The van der Waals surface area contributed by atoms with Crippen LogP contribution in [0.15, 0.2) is 30.6 Å². The fourth-order valence-electron chi connectivity index (χ4n) is 1.95. The van der Waals surface area contributed by atoms with Crippen molar-refractivity contribution in [3.05, 3.63) is 36.2 Å². The summed E-state index contributed by atoms with van der Waals surface area (Å²) >= 11 is 0. The van der Waals surface area contributed by atoms with Crippen LogP contribution in [0.1, 0.15) is 12.0 Å². The number of nitrogens with zero attached hydrogens (tertiary/aromatic N) is 2. The summed E-state index contributed by atoms with van der Waals surface area (Å²) in [4.78, 5) is 10.5. The number of halogens is 3. The van der Waals surface area contributed by atoms with Crippen molar-refractivity contribution in [3.63, 3.8) is 0 Å². The van der Waals surface area contributed by atoms with Gasteiger partial charge in [0.25, 0.3) is 0 Å². The number of hydrogen-bond donors (Lipinski definition) is 1. The fraction of sp³-hybridized carbons (Fsp3) is 0.286. The highest BCUT2D eigenvalue weighted by Gasteiger charge is 2.34. The first kappa shape index (κ1) is 15.9. The minimum Gasteiger partial charge on any atom is -0.496 e. The summed E-state index contributed by atoms with van der Waals surface area (Å²) < 4.78 is 45.0. The molecule has 0 aliphatic carbocycles. The number of aromatic nitrogens is 2. The van der Waals surface area contributed by atoms with Gasteiger partial charge in [-0.25, -0.2) is 0 Å². The van der Waals surface area contributed by atoms with Crippen molar-refractivity contribution in [2.45, 2.75) is 19.1 Å². The molecular weight excluding hydrogens is 301 g/mol. The van der Waals surface area contributed by atoms with Gasteiger partial charge in [0.2, 0.25) is 0 Å². The van der Waals surface area contributed by atoms with Gasteiger partial charge in [-0.3, -0.25) is 9.48 Å². The minimum atomic E-state index is -4.53. The first-order valence-electron chi connectivity index (χ1n) is 6.31. The summed E-state index contributed by atoms with van der Waals surface area (Å²) in [5, 5.41) is 12.5. The third kappa shape index (κ3) is 3.57. The smallest absolute Gasteiger partial charge is 0.419 e. The first-order valence-corrected chi connectivity index (χ1v) is 6.31. The van der Waals surface area contributed by atoms with Gasteiger partial charge in [0.1, 0.15) is 5.75 Å². The third-order valence-electron chi connectivity index (χ3n) is 3.03. The van der Waals surface area contributed by atoms with E-state index in [1.54, 1.807) is 0 Å². The number of aryl methyl sites for hydroxylation is 1. The third-order valence-corrected chi connectivity index (χ3v) is 3.03. The summed E-state index contributed by atoms with van der Waals surface area (Å²) in [5.74, 6) is -1.23. The van der Waals surface area contributed by atoms with Crippen LogP contribution in [0.25, 0.3) is 11.1 Å². The number of methoxy groups -OCH3 is 1. The monoisotopic (exact) mass is 314 g/mol. The minimum absolute atomic E-state index is 0.114. The number of carbonyl (C=O) groups is 1. The van der Waals surface area contributed by atoms with E-state index in [0.717, 1.165) is 6.07 Å². The van der Waals surface area contributed by atoms with E-state index >= 15 is 0 Å². The van der Waals surface area contributed by atoms with Crippen molar-refractivity contribution >= 4 is 5.97 Å². The van der Waals surface area contributed by atoms with Crippen LogP contribution in [0.2, 0.25) is 0 Å². The number of alkyl halides is 3. The van der Waals surface area contributed by atoms with E-state index in [2.05, 4.69) is 5.10 Å². The molecule has 1 aromatic heterocycles. The van der Waals surface area contributed by atoms with E-state index < -0.39 is 17.7 Å². The Morgan fingerprint density at radius 2 is 2.09 bits per heavy atom. The lowest BCUT2D eigenvalue weighted by Gasteiger charge is -2.12. The van der Waals surface area contributed by atoms with Gasteiger partial charge in [-0.05, 0) is 17.7 Å². The molecule has 1 N–H and O–H groups in total. The van der Waals surface area contributed by atoms with Crippen LogP contribution in [0, 0.1) is 0 Å². The molecule has 1 aromatic carbocycles. The maximum Gasteiger partial charge on any atom is 0.419 e. The average molecular weight is 314 g/mol. The summed E-state index contributed by atoms with van der Waals surface area (Å²) in [6.07, 6.45) is -1.74. The molecule has 0 amide bonds. The van der Waals surface area contributed by atoms with Gasteiger partial charge < -0.3 is 9.84 Å². The van der Waals surface area contributed by atoms with Gasteiger partial charge in [0.15, 0.2) is 0 Å². The quantitative estimate of drug-likeness (QED) is 0.921. The van der Waals surface area contributed by atoms with E-state index in [1.165, 1.54) is 36.3 Å². The van der Waals surface area contributed by atoms with Gasteiger partial charge in [0, 0.05) is 11.8 Å². The molecule has 8 heteroatoms. The summed E-state index contributed by atoms with van der Waals surface area (Å²) in [7, 11) is 1.17. The summed E-state index contributed by atoms with van der Waals surface area (Å²) in [6, 6.07) is 3.72. The van der Waals surface area contributed by atoms with E-state index in [0.29, 0.717) is 11.1 Å². The Morgan fingerprint density at radius 1 is 1.36 bits per heavy atom. The Hall–Kier alpha value is -2.51. The van der Waals surface area contributed by atoms with Crippen LogP contribution in [-0.2, 0) is 17.5 Å². The topological polar surface area (TPSA) is 64.4 Å². The van der Waals surface area contributed by atoms with E-state index in [1.807, 2.05) is 0 Å². The van der Waals surface area contributed by atoms with Crippen molar-refractivity contribution < 1.29 is 27.8 Å². The molecule has 0 unspecified atom stereocenters. The van der Waals surface area contributed by atoms with Crippen LogP contribution in [0.4, 0.5) is 13.2 Å². The van der Waals surface area contributed by atoms with Crippen molar-refractivity contribution in [1.82, 2.24) is 9.78 Å². The van der Waals surface area contributed by atoms with Crippen molar-refractivity contribution in [2.24, 2.45) is 0 Å². The molecule has 22 heavy (non-hydrogen) atoms. The molecule has 5 nitrogen and oxygen atoms in total. The molecule has 0 saturated heterocycles. The van der Waals surface area contributed by atoms with Gasteiger partial charge in [-0.2, -0.15) is 18.3 Å². The molecule has 0 aliphatic heterocycles. The Morgan fingerprint density at radius 3 is 2.68 bits per heavy atom. The Balaban J connectivity index is 2.31. The SMILES string of the molecule is COc1ccc(-c2cnn(CCC(=O)O)c2)cc1C(F)(F)F. The van der Waals surface area contributed by atoms with Gasteiger partial charge in [-0.1, -0.05) is 6.07 Å². The van der Waals surface area contributed by atoms with Gasteiger partial charge in [-0.15, -0.1) is 0 Å². The number of aliphatic carboxylic acids is 1. The number of carboxylic acid groups (broad SMARTS) is 1. The largest absolute Gasteiger partial charge is 0.496 e. The highest BCUT2D eigenvalue weighted by molar-refractivity contribution is 5.67. The molecule has 2 rings (SSSR count). The van der Waals surface area contributed by atoms with Crippen molar-refractivity contribution in [3.8, 4) is 16.9 Å². The Kier molecular flexibility index (Phi) is 4.39. The number of carboxylic acids is 1. The van der Waals surface area contributed by atoms with Crippen LogP contribution in [0.3, 0.4) is 0 Å². The highest BCUT2D eigenvalue weighted by atomic mass is 19.4. The molecule has 1 heterocycles. The second-order valence-corrected chi connectivity index (χ2v) is 4.55. The standard InChI is InChI=1S/C14H13F3N2O3/c1-22-12-3-2-9(6-11(12)14(15,16)17)10-7-18-19(8-10)5-4-13(20)21/h2-3,6-8H,4-5H2,1H3,(H,20,21). The fourth-order valence-corrected chi connectivity index (χ4v) is 1.95. The van der Waals surface area contributed by atoms with Crippen molar-refractivity contribution in [1.29, 1.82) is 0 Å². The molecule has 0 spiro atoms. The number of hydrogen-bond acceptors (Lipinski definition) is 3.